The molecule has 1 aliphatic heterocycles. The number of carbonyl (C=O) groups excluding carboxylic acids is 1. The summed E-state index contributed by atoms with van der Waals surface area (Å²) in [6.45, 7) is 4.57. The van der Waals surface area contributed by atoms with Crippen molar-refractivity contribution in [3.05, 3.63) is 29.8 Å². The van der Waals surface area contributed by atoms with Gasteiger partial charge in [-0.2, -0.15) is 5.26 Å². The smallest absolute Gasteiger partial charge is 0.222 e. The second kappa shape index (κ2) is 6.75. The van der Waals surface area contributed by atoms with Gasteiger partial charge in [-0.25, -0.2) is 4.98 Å². The van der Waals surface area contributed by atoms with Crippen molar-refractivity contribution in [2.24, 2.45) is 0 Å². The molecule has 0 bridgehead atoms. The molecule has 3 rings (SSSR count). The summed E-state index contributed by atoms with van der Waals surface area (Å²) in [5.74, 6) is 1.59. The van der Waals surface area contributed by atoms with Crippen LogP contribution in [0.15, 0.2) is 24.3 Å². The van der Waals surface area contributed by atoms with Crippen LogP contribution in [0.1, 0.15) is 18.9 Å². The van der Waals surface area contributed by atoms with Gasteiger partial charge in [-0.3, -0.25) is 4.79 Å². The van der Waals surface area contributed by atoms with E-state index in [1.807, 2.05) is 36.1 Å². The number of ether oxygens (including phenoxy) is 1. The Kier molecular flexibility index (Phi) is 4.52. The molecule has 6 heteroatoms. The van der Waals surface area contributed by atoms with Crippen LogP contribution in [0.25, 0.3) is 10.9 Å². The predicted molar refractivity (Wildman–Crippen MR) is 92.1 cm³/mol. The molecule has 24 heavy (non-hydrogen) atoms. The molecule has 2 heterocycles. The van der Waals surface area contributed by atoms with Crippen molar-refractivity contribution < 1.29 is 9.53 Å². The summed E-state index contributed by atoms with van der Waals surface area (Å²) in [4.78, 5) is 20.4. The Morgan fingerprint density at radius 3 is 2.67 bits per heavy atom. The molecule has 1 fully saturated rings. The van der Waals surface area contributed by atoms with Gasteiger partial charge in [0.05, 0.1) is 18.2 Å². The van der Waals surface area contributed by atoms with E-state index in [1.54, 1.807) is 7.11 Å². The summed E-state index contributed by atoms with van der Waals surface area (Å²) in [7, 11) is 1.62. The van der Waals surface area contributed by atoms with Crippen molar-refractivity contribution in [1.29, 1.82) is 5.26 Å². The topological polar surface area (TPSA) is 69.5 Å². The number of hydrogen-bond acceptors (Lipinski definition) is 5. The normalized spacial score (nSPS) is 14.5. The average molecular weight is 324 g/mol. The fourth-order valence-electron chi connectivity index (χ4n) is 2.98. The van der Waals surface area contributed by atoms with Crippen LogP contribution in [0.3, 0.4) is 0 Å². The molecule has 1 aliphatic rings. The second-order valence-corrected chi connectivity index (χ2v) is 5.75. The summed E-state index contributed by atoms with van der Waals surface area (Å²) in [5, 5.41) is 10.4. The van der Waals surface area contributed by atoms with Gasteiger partial charge in [0.2, 0.25) is 5.91 Å². The fraction of sp³-hybridized carbons (Fsp3) is 0.389. The first-order valence-electron chi connectivity index (χ1n) is 8.08. The number of methoxy groups -OCH3 is 1. The molecular formula is C18H20N4O2. The molecule has 124 valence electrons. The first kappa shape index (κ1) is 16.1. The van der Waals surface area contributed by atoms with Crippen molar-refractivity contribution in [1.82, 2.24) is 9.88 Å². The molecule has 0 aliphatic carbocycles. The number of anilines is 1. The van der Waals surface area contributed by atoms with Crippen molar-refractivity contribution in [3.63, 3.8) is 0 Å². The number of aromatic nitrogens is 1. The summed E-state index contributed by atoms with van der Waals surface area (Å²) >= 11 is 0. The standard InChI is InChI=1S/C18H20N4O2/c1-3-17(23)21-6-8-22(9-7-21)18-14(12-19)10-13-4-5-15(24-2)11-16(13)20-18/h4-5,10-11H,3,6-9H2,1-2H3. The summed E-state index contributed by atoms with van der Waals surface area (Å²) in [6.07, 6.45) is 0.525. The van der Waals surface area contributed by atoms with Crippen molar-refractivity contribution >= 4 is 22.6 Å². The second-order valence-electron chi connectivity index (χ2n) is 5.75. The molecule has 0 radical (unpaired) electrons. The van der Waals surface area contributed by atoms with Gasteiger partial charge in [0, 0.05) is 44.1 Å². The van der Waals surface area contributed by atoms with Gasteiger partial charge in [-0.15, -0.1) is 0 Å². The third-order valence-electron chi connectivity index (χ3n) is 4.36. The van der Waals surface area contributed by atoms with Gasteiger partial charge in [-0.05, 0) is 18.2 Å². The minimum Gasteiger partial charge on any atom is -0.497 e. The zero-order chi connectivity index (χ0) is 17.1. The highest BCUT2D eigenvalue weighted by atomic mass is 16.5. The average Bonchev–Trinajstić information content (AvgIpc) is 2.65. The van der Waals surface area contributed by atoms with E-state index in [0.717, 1.165) is 16.7 Å². The molecule has 1 saturated heterocycles. The number of hydrogen-bond donors (Lipinski definition) is 0. The lowest BCUT2D eigenvalue weighted by molar-refractivity contribution is -0.131. The lowest BCUT2D eigenvalue weighted by Crippen LogP contribution is -2.49. The Bertz CT molecular complexity index is 805. The number of amides is 1. The number of benzene rings is 1. The number of nitriles is 1. The van der Waals surface area contributed by atoms with E-state index in [1.165, 1.54) is 0 Å². The van der Waals surface area contributed by atoms with E-state index < -0.39 is 0 Å². The number of pyridine rings is 1. The largest absolute Gasteiger partial charge is 0.497 e. The van der Waals surface area contributed by atoms with Gasteiger partial charge in [0.25, 0.3) is 0 Å². The van der Waals surface area contributed by atoms with Crippen molar-refractivity contribution in [3.8, 4) is 11.8 Å². The highest BCUT2D eigenvalue weighted by Crippen LogP contribution is 2.26. The van der Waals surface area contributed by atoms with Crippen LogP contribution in [0.2, 0.25) is 0 Å². The van der Waals surface area contributed by atoms with Crippen LogP contribution < -0.4 is 9.64 Å². The van der Waals surface area contributed by atoms with Crippen LogP contribution in [-0.4, -0.2) is 49.1 Å². The molecule has 1 aromatic heterocycles. The summed E-state index contributed by atoms with van der Waals surface area (Å²) < 4.78 is 5.25. The molecule has 0 spiro atoms. The Balaban J connectivity index is 1.91. The van der Waals surface area contributed by atoms with E-state index in [0.29, 0.717) is 44.0 Å². The number of nitrogens with zero attached hydrogens (tertiary/aromatic N) is 4. The van der Waals surface area contributed by atoms with E-state index in [9.17, 15) is 10.1 Å². The molecule has 0 saturated carbocycles. The van der Waals surface area contributed by atoms with Gasteiger partial charge in [0.1, 0.15) is 17.6 Å². The van der Waals surface area contributed by atoms with Gasteiger partial charge >= 0.3 is 0 Å². The third kappa shape index (κ3) is 2.98. The Hall–Kier alpha value is -2.81. The Labute approximate surface area is 141 Å². The first-order chi connectivity index (χ1) is 11.7. The first-order valence-corrected chi connectivity index (χ1v) is 8.08. The van der Waals surface area contributed by atoms with Crippen LogP contribution in [0.4, 0.5) is 5.82 Å². The number of carbonyl (C=O) groups is 1. The van der Waals surface area contributed by atoms with E-state index in [2.05, 4.69) is 16.0 Å². The molecule has 0 unspecified atom stereocenters. The maximum atomic E-state index is 11.8. The lowest BCUT2D eigenvalue weighted by Gasteiger charge is -2.35. The minimum atomic E-state index is 0.173. The molecule has 1 amide bonds. The maximum Gasteiger partial charge on any atom is 0.222 e. The van der Waals surface area contributed by atoms with E-state index >= 15 is 0 Å². The van der Waals surface area contributed by atoms with Crippen LogP contribution in [0, 0.1) is 11.3 Å². The quantitative estimate of drug-likeness (QED) is 0.865. The lowest BCUT2D eigenvalue weighted by atomic mass is 10.1. The monoisotopic (exact) mass is 324 g/mol. The minimum absolute atomic E-state index is 0.173. The zero-order valence-corrected chi connectivity index (χ0v) is 14.0. The molecule has 1 aromatic carbocycles. The summed E-state index contributed by atoms with van der Waals surface area (Å²) in [6, 6.07) is 9.74. The van der Waals surface area contributed by atoms with Gasteiger partial charge in [0.15, 0.2) is 0 Å². The molecule has 6 nitrogen and oxygen atoms in total. The number of fused-ring (bicyclic) bond motifs is 1. The molecule has 0 N–H and O–H groups in total. The van der Waals surface area contributed by atoms with Gasteiger partial charge < -0.3 is 14.5 Å². The highest BCUT2D eigenvalue weighted by molar-refractivity contribution is 5.84. The number of rotatable bonds is 3. The van der Waals surface area contributed by atoms with E-state index in [4.69, 9.17) is 4.74 Å². The maximum absolute atomic E-state index is 11.8. The van der Waals surface area contributed by atoms with Crippen LogP contribution in [0.5, 0.6) is 5.75 Å². The number of piperazine rings is 1. The summed E-state index contributed by atoms with van der Waals surface area (Å²) in [5.41, 5.74) is 1.36. The zero-order valence-electron chi connectivity index (χ0n) is 14.0. The Morgan fingerprint density at radius 2 is 2.04 bits per heavy atom. The van der Waals surface area contributed by atoms with Crippen molar-refractivity contribution in [2.45, 2.75) is 13.3 Å². The SMILES string of the molecule is CCC(=O)N1CCN(c2nc3cc(OC)ccc3cc2C#N)CC1. The van der Waals surface area contributed by atoms with Crippen molar-refractivity contribution in [2.75, 3.05) is 38.2 Å². The van der Waals surface area contributed by atoms with Gasteiger partial charge in [-0.1, -0.05) is 6.92 Å². The molecule has 2 aromatic rings. The van der Waals surface area contributed by atoms with Crippen LogP contribution >= 0.6 is 0 Å². The van der Waals surface area contributed by atoms with E-state index in [-0.39, 0.29) is 5.91 Å². The highest BCUT2D eigenvalue weighted by Gasteiger charge is 2.23. The third-order valence-corrected chi connectivity index (χ3v) is 4.36. The predicted octanol–water partition coefficient (Wildman–Crippen LogP) is 2.17. The fourth-order valence-corrected chi connectivity index (χ4v) is 2.98. The Morgan fingerprint density at radius 1 is 1.29 bits per heavy atom. The molecule has 0 atom stereocenters. The van der Waals surface area contributed by atoms with Crippen LogP contribution in [-0.2, 0) is 4.79 Å². The molecular weight excluding hydrogens is 304 g/mol.